The summed E-state index contributed by atoms with van der Waals surface area (Å²) in [6.07, 6.45) is 29.3. The van der Waals surface area contributed by atoms with Gasteiger partial charge in [-0.2, -0.15) is 0 Å². The number of aryl methyl sites for hydroxylation is 2. The highest BCUT2D eigenvalue weighted by atomic mass is 16.3. The average molecular weight is 645 g/mol. The number of hydrogen-bond donors (Lipinski definition) is 0. The zero-order chi connectivity index (χ0) is 33.0. The third-order valence-electron chi connectivity index (χ3n) is 10.8. The number of unbranched alkanes of at least 4 members (excludes halogenated alkanes) is 18. The van der Waals surface area contributed by atoms with Gasteiger partial charge in [0.25, 0.3) is 0 Å². The van der Waals surface area contributed by atoms with Gasteiger partial charge in [0.2, 0.25) is 0 Å². The van der Waals surface area contributed by atoms with E-state index >= 15 is 0 Å². The van der Waals surface area contributed by atoms with Crippen molar-refractivity contribution in [2.45, 2.75) is 155 Å². The molecule has 0 saturated carbocycles. The normalized spacial score (nSPS) is 12.1. The molecule has 0 aliphatic carbocycles. The van der Waals surface area contributed by atoms with Gasteiger partial charge >= 0.3 is 0 Å². The molecule has 6 aromatic rings. The van der Waals surface area contributed by atoms with E-state index in [0.717, 1.165) is 35.5 Å². The number of furan rings is 2. The first-order valence-electron chi connectivity index (χ1n) is 20.0. The standard InChI is InChI=1S/C46H60O2/c1-3-5-7-9-11-13-15-17-19-21-23-37-33-35-25-27-41-39-30-32-44-42(40(39)29-31-43(41)45(35)47-37)28-26-36-34-38(48-46(36)44)24-22-20-18-16-14-12-10-8-6-4-2/h25-34H,3-24H2,1-2H3. The van der Waals surface area contributed by atoms with E-state index in [1.54, 1.807) is 0 Å². The Morgan fingerprint density at radius 2 is 0.625 bits per heavy atom. The summed E-state index contributed by atoms with van der Waals surface area (Å²) in [5.74, 6) is 2.26. The van der Waals surface area contributed by atoms with Gasteiger partial charge in [0.15, 0.2) is 0 Å². The van der Waals surface area contributed by atoms with Crippen LogP contribution in [-0.2, 0) is 12.8 Å². The Bertz CT molecular complexity index is 1730. The van der Waals surface area contributed by atoms with Crippen LogP contribution in [0.25, 0.3) is 54.3 Å². The third kappa shape index (κ3) is 8.66. The summed E-state index contributed by atoms with van der Waals surface area (Å²) in [6.45, 7) is 4.58. The summed E-state index contributed by atoms with van der Waals surface area (Å²) < 4.78 is 13.0. The predicted molar refractivity (Wildman–Crippen MR) is 210 cm³/mol. The fourth-order valence-corrected chi connectivity index (χ4v) is 7.96. The summed E-state index contributed by atoms with van der Waals surface area (Å²) in [4.78, 5) is 0. The van der Waals surface area contributed by atoms with Gasteiger partial charge in [-0.1, -0.05) is 166 Å². The molecule has 0 atom stereocenters. The van der Waals surface area contributed by atoms with Crippen LogP contribution in [-0.4, -0.2) is 0 Å². The molecule has 0 spiro atoms. The third-order valence-corrected chi connectivity index (χ3v) is 10.8. The van der Waals surface area contributed by atoms with Crippen molar-refractivity contribution in [1.82, 2.24) is 0 Å². The molecule has 256 valence electrons. The number of hydrogen-bond acceptors (Lipinski definition) is 2. The summed E-state index contributed by atoms with van der Waals surface area (Å²) >= 11 is 0. The SMILES string of the molecule is CCCCCCCCCCCCc1cc2ccc3c4ccc5c(ccc6cc(CCCCCCCCCCCC)oc65)c4ccc3c2o1. The van der Waals surface area contributed by atoms with Gasteiger partial charge in [-0.3, -0.25) is 0 Å². The maximum absolute atomic E-state index is 6.52. The molecule has 0 N–H and O–H groups in total. The molecule has 2 nitrogen and oxygen atoms in total. The van der Waals surface area contributed by atoms with Crippen LogP contribution in [0.2, 0.25) is 0 Å². The van der Waals surface area contributed by atoms with Gasteiger partial charge in [-0.05, 0) is 58.7 Å². The largest absolute Gasteiger partial charge is 0.460 e. The van der Waals surface area contributed by atoms with Crippen molar-refractivity contribution >= 4 is 54.3 Å². The fourth-order valence-electron chi connectivity index (χ4n) is 7.96. The van der Waals surface area contributed by atoms with Crippen molar-refractivity contribution in [2.24, 2.45) is 0 Å². The highest BCUT2D eigenvalue weighted by molar-refractivity contribution is 6.23. The van der Waals surface area contributed by atoms with Gasteiger partial charge in [-0.15, -0.1) is 0 Å². The Morgan fingerprint density at radius 3 is 1.00 bits per heavy atom. The van der Waals surface area contributed by atoms with Gasteiger partial charge in [0.1, 0.15) is 22.7 Å². The lowest BCUT2D eigenvalue weighted by atomic mass is 9.95. The topological polar surface area (TPSA) is 26.3 Å². The van der Waals surface area contributed by atoms with Crippen LogP contribution < -0.4 is 0 Å². The van der Waals surface area contributed by atoms with Crippen LogP contribution in [0.5, 0.6) is 0 Å². The highest BCUT2D eigenvalue weighted by Gasteiger charge is 2.14. The van der Waals surface area contributed by atoms with Crippen LogP contribution in [0.4, 0.5) is 0 Å². The summed E-state index contributed by atoms with van der Waals surface area (Å²) in [6, 6.07) is 22.8. The van der Waals surface area contributed by atoms with Crippen molar-refractivity contribution in [2.75, 3.05) is 0 Å². The minimum atomic E-state index is 1.03. The summed E-state index contributed by atoms with van der Waals surface area (Å²) in [5, 5.41) is 9.97. The summed E-state index contributed by atoms with van der Waals surface area (Å²) in [7, 11) is 0. The van der Waals surface area contributed by atoms with Crippen LogP contribution in [0.3, 0.4) is 0 Å². The molecule has 0 radical (unpaired) electrons. The Balaban J connectivity index is 1.07. The number of rotatable bonds is 22. The van der Waals surface area contributed by atoms with Crippen molar-refractivity contribution in [3.05, 3.63) is 72.2 Å². The Kier molecular flexibility index (Phi) is 12.9. The van der Waals surface area contributed by atoms with Gasteiger partial charge in [0, 0.05) is 34.4 Å². The van der Waals surface area contributed by atoms with E-state index in [4.69, 9.17) is 8.83 Å². The minimum absolute atomic E-state index is 1.03. The molecule has 0 amide bonds. The maximum atomic E-state index is 6.52. The Labute approximate surface area is 289 Å². The van der Waals surface area contributed by atoms with Crippen molar-refractivity contribution in [3.63, 3.8) is 0 Å². The zero-order valence-corrected chi connectivity index (χ0v) is 30.1. The number of benzene rings is 4. The quantitative estimate of drug-likeness (QED) is 0.0543. The monoisotopic (exact) mass is 644 g/mol. The van der Waals surface area contributed by atoms with E-state index in [9.17, 15) is 0 Å². The smallest absolute Gasteiger partial charge is 0.142 e. The van der Waals surface area contributed by atoms with E-state index in [0.29, 0.717) is 0 Å². The van der Waals surface area contributed by atoms with Crippen molar-refractivity contribution in [1.29, 1.82) is 0 Å². The first kappa shape index (κ1) is 34.6. The highest BCUT2D eigenvalue weighted by Crippen LogP contribution is 2.38. The molecule has 48 heavy (non-hydrogen) atoms. The fraction of sp³-hybridized carbons (Fsp3) is 0.522. The Morgan fingerprint density at radius 1 is 0.333 bits per heavy atom. The van der Waals surface area contributed by atoms with Crippen molar-refractivity contribution in [3.8, 4) is 0 Å². The van der Waals surface area contributed by atoms with Crippen molar-refractivity contribution < 1.29 is 8.83 Å². The van der Waals surface area contributed by atoms with Crippen LogP contribution >= 0.6 is 0 Å². The Hall–Kier alpha value is -3.26. The molecule has 6 rings (SSSR count). The molecule has 4 aromatic carbocycles. The molecule has 0 unspecified atom stereocenters. The molecule has 0 aliphatic rings. The molecular formula is C46H60O2. The average Bonchev–Trinajstić information content (AvgIpc) is 3.73. The molecule has 2 heteroatoms. The molecule has 2 heterocycles. The van der Waals surface area contributed by atoms with Crippen LogP contribution in [0, 0.1) is 0 Å². The van der Waals surface area contributed by atoms with Gasteiger partial charge in [-0.25, -0.2) is 0 Å². The molecule has 2 aromatic heterocycles. The van der Waals surface area contributed by atoms with E-state index in [2.05, 4.69) is 74.5 Å². The maximum Gasteiger partial charge on any atom is 0.142 e. The molecule has 0 fully saturated rings. The first-order valence-corrected chi connectivity index (χ1v) is 20.0. The second-order valence-electron chi connectivity index (χ2n) is 14.7. The molecule has 0 aliphatic heterocycles. The second-order valence-corrected chi connectivity index (χ2v) is 14.7. The molecule has 0 saturated heterocycles. The van der Waals surface area contributed by atoms with Gasteiger partial charge in [0.05, 0.1) is 0 Å². The van der Waals surface area contributed by atoms with Crippen LogP contribution in [0.15, 0.2) is 69.5 Å². The molecule has 0 bridgehead atoms. The number of fused-ring (bicyclic) bond motifs is 9. The van der Waals surface area contributed by atoms with E-state index in [1.807, 2.05) is 0 Å². The lowest BCUT2D eigenvalue weighted by Gasteiger charge is -2.08. The minimum Gasteiger partial charge on any atom is -0.460 e. The predicted octanol–water partition coefficient (Wildman–Crippen LogP) is 15.6. The second kappa shape index (κ2) is 17.9. The molecular weight excluding hydrogens is 585 g/mol. The lowest BCUT2D eigenvalue weighted by Crippen LogP contribution is -1.84. The van der Waals surface area contributed by atoms with Crippen LogP contribution in [0.1, 0.15) is 154 Å². The summed E-state index contributed by atoms with van der Waals surface area (Å²) in [5.41, 5.74) is 2.07. The van der Waals surface area contributed by atoms with Gasteiger partial charge < -0.3 is 8.83 Å². The lowest BCUT2D eigenvalue weighted by molar-refractivity contribution is 0.517. The van der Waals surface area contributed by atoms with E-state index in [1.165, 1.54) is 172 Å². The zero-order valence-electron chi connectivity index (χ0n) is 30.1. The van der Waals surface area contributed by atoms with E-state index in [-0.39, 0.29) is 0 Å². The van der Waals surface area contributed by atoms with E-state index < -0.39 is 0 Å². The first-order chi connectivity index (χ1) is 23.8.